The van der Waals surface area contributed by atoms with E-state index in [0.717, 1.165) is 31.0 Å². The molecule has 1 aliphatic carbocycles. The maximum atomic E-state index is 12.7. The fourth-order valence-corrected chi connectivity index (χ4v) is 2.51. The second-order valence-electron chi connectivity index (χ2n) is 5.41. The number of rotatable bonds is 6. The van der Waals surface area contributed by atoms with Crippen LogP contribution in [-0.2, 0) is 11.3 Å². The highest BCUT2D eigenvalue weighted by molar-refractivity contribution is 5.80. The first kappa shape index (κ1) is 15.4. The van der Waals surface area contributed by atoms with Gasteiger partial charge in [-0.1, -0.05) is 12.2 Å². The summed E-state index contributed by atoms with van der Waals surface area (Å²) in [7, 11) is 0. The first-order chi connectivity index (χ1) is 10.1. The lowest BCUT2D eigenvalue weighted by atomic mass is 9.83. The summed E-state index contributed by atoms with van der Waals surface area (Å²) in [6, 6.07) is 2.46. The monoisotopic (exact) mass is 290 g/mol. The highest BCUT2D eigenvalue weighted by atomic mass is 19.1. The Balaban J connectivity index is 1.67. The third-order valence-corrected chi connectivity index (χ3v) is 3.77. The lowest BCUT2D eigenvalue weighted by molar-refractivity contribution is -0.118. The van der Waals surface area contributed by atoms with Gasteiger partial charge in [0.15, 0.2) is 5.82 Å². The average Bonchev–Trinajstić information content (AvgIpc) is 2.89. The summed E-state index contributed by atoms with van der Waals surface area (Å²) in [5.74, 6) is -0.374. The van der Waals surface area contributed by atoms with Crippen LogP contribution in [-0.4, -0.2) is 28.2 Å². The van der Waals surface area contributed by atoms with E-state index >= 15 is 0 Å². The standard InChI is InChI=1S/C15H19FN4O/c1-11-6-14(3-2-12(11)7-17)18-9-15(21)4-5-20-10-13(16)8-19-20/h8,10,12,14,18H,1-6,9H2. The highest BCUT2D eigenvalue weighted by Crippen LogP contribution is 2.27. The van der Waals surface area contributed by atoms with E-state index < -0.39 is 5.82 Å². The van der Waals surface area contributed by atoms with E-state index in [4.69, 9.17) is 5.26 Å². The lowest BCUT2D eigenvalue weighted by Crippen LogP contribution is -2.37. The van der Waals surface area contributed by atoms with Gasteiger partial charge in [0.1, 0.15) is 5.78 Å². The maximum Gasteiger partial charge on any atom is 0.161 e. The SMILES string of the molecule is C=C1CC(NCC(=O)CCn2cc(F)cn2)CCC1C#N. The summed E-state index contributed by atoms with van der Waals surface area (Å²) < 4.78 is 14.2. The van der Waals surface area contributed by atoms with Crippen LogP contribution >= 0.6 is 0 Å². The Hall–Kier alpha value is -2.00. The number of ketones is 1. The number of carbonyl (C=O) groups excluding carboxylic acids is 1. The van der Waals surface area contributed by atoms with E-state index in [1.807, 2.05) is 0 Å². The minimum atomic E-state index is -0.395. The van der Waals surface area contributed by atoms with Crippen molar-refractivity contribution in [2.75, 3.05) is 6.54 Å². The number of Topliss-reactive ketones (excluding diaryl/α,β-unsaturated/α-hetero) is 1. The summed E-state index contributed by atoms with van der Waals surface area (Å²) in [4.78, 5) is 11.8. The normalized spacial score (nSPS) is 22.0. The zero-order chi connectivity index (χ0) is 15.2. The van der Waals surface area contributed by atoms with Gasteiger partial charge < -0.3 is 5.32 Å². The molecule has 1 saturated carbocycles. The second-order valence-corrected chi connectivity index (χ2v) is 5.41. The van der Waals surface area contributed by atoms with Crippen LogP contribution in [0.25, 0.3) is 0 Å². The maximum absolute atomic E-state index is 12.7. The largest absolute Gasteiger partial charge is 0.307 e. The van der Waals surface area contributed by atoms with Gasteiger partial charge in [-0.25, -0.2) is 4.39 Å². The van der Waals surface area contributed by atoms with E-state index in [1.165, 1.54) is 10.9 Å². The van der Waals surface area contributed by atoms with Crippen molar-refractivity contribution in [2.45, 2.75) is 38.3 Å². The Bertz CT molecular complexity index is 560. The molecule has 5 nitrogen and oxygen atoms in total. The third-order valence-electron chi connectivity index (χ3n) is 3.77. The van der Waals surface area contributed by atoms with Gasteiger partial charge in [0.25, 0.3) is 0 Å². The molecular weight excluding hydrogens is 271 g/mol. The summed E-state index contributed by atoms with van der Waals surface area (Å²) in [6.07, 6.45) is 5.15. The number of aromatic nitrogens is 2. The molecule has 0 aliphatic heterocycles. The van der Waals surface area contributed by atoms with Crippen molar-refractivity contribution in [3.8, 4) is 6.07 Å². The molecule has 0 saturated heterocycles. The van der Waals surface area contributed by atoms with Crippen molar-refractivity contribution in [3.05, 3.63) is 30.4 Å². The van der Waals surface area contributed by atoms with Crippen molar-refractivity contribution in [2.24, 2.45) is 5.92 Å². The number of halogens is 1. The number of carbonyl (C=O) groups is 1. The Kier molecular flexibility index (Phi) is 5.23. The van der Waals surface area contributed by atoms with Gasteiger partial charge in [0.2, 0.25) is 0 Å². The summed E-state index contributed by atoms with van der Waals surface area (Å²) in [5.41, 5.74) is 0.945. The molecule has 1 fully saturated rings. The van der Waals surface area contributed by atoms with Gasteiger partial charge in [-0.05, 0) is 19.3 Å². The number of nitrogens with one attached hydrogen (secondary N) is 1. The van der Waals surface area contributed by atoms with Crippen LogP contribution in [0.3, 0.4) is 0 Å². The molecule has 1 N–H and O–H groups in total. The minimum Gasteiger partial charge on any atom is -0.307 e. The van der Waals surface area contributed by atoms with Gasteiger partial charge in [-0.3, -0.25) is 9.48 Å². The zero-order valence-electron chi connectivity index (χ0n) is 11.9. The van der Waals surface area contributed by atoms with Gasteiger partial charge >= 0.3 is 0 Å². The first-order valence-electron chi connectivity index (χ1n) is 7.09. The molecule has 1 aromatic heterocycles. The first-order valence-corrected chi connectivity index (χ1v) is 7.09. The van der Waals surface area contributed by atoms with Crippen LogP contribution in [0.2, 0.25) is 0 Å². The Labute approximate surface area is 123 Å². The average molecular weight is 290 g/mol. The second kappa shape index (κ2) is 7.14. The predicted molar refractivity (Wildman–Crippen MR) is 75.7 cm³/mol. The van der Waals surface area contributed by atoms with E-state index in [2.05, 4.69) is 23.1 Å². The molecule has 0 aromatic carbocycles. The van der Waals surface area contributed by atoms with Gasteiger partial charge in [-0.15, -0.1) is 0 Å². The van der Waals surface area contributed by atoms with Crippen LogP contribution in [0.5, 0.6) is 0 Å². The molecule has 0 radical (unpaired) electrons. The zero-order valence-corrected chi connectivity index (χ0v) is 11.9. The summed E-state index contributed by atoms with van der Waals surface area (Å²) in [6.45, 7) is 4.61. The van der Waals surface area contributed by atoms with Gasteiger partial charge in [0.05, 0.1) is 30.9 Å². The molecule has 112 valence electrons. The fraction of sp³-hybridized carbons (Fsp3) is 0.533. The number of hydrogen-bond acceptors (Lipinski definition) is 4. The Morgan fingerprint density at radius 3 is 3.05 bits per heavy atom. The van der Waals surface area contributed by atoms with Gasteiger partial charge in [-0.2, -0.15) is 10.4 Å². The molecule has 21 heavy (non-hydrogen) atoms. The van der Waals surface area contributed by atoms with Crippen molar-refractivity contribution < 1.29 is 9.18 Å². The predicted octanol–water partition coefficient (Wildman–Crippen LogP) is 1.82. The van der Waals surface area contributed by atoms with Crippen molar-refractivity contribution in [1.82, 2.24) is 15.1 Å². The molecular formula is C15H19FN4O. The van der Waals surface area contributed by atoms with Crippen LogP contribution in [0, 0.1) is 23.1 Å². The molecule has 1 aliphatic rings. The number of hydrogen-bond donors (Lipinski definition) is 1. The molecule has 1 aromatic rings. The Morgan fingerprint density at radius 2 is 2.43 bits per heavy atom. The third kappa shape index (κ3) is 4.50. The molecule has 0 bridgehead atoms. The van der Waals surface area contributed by atoms with Crippen molar-refractivity contribution in [3.63, 3.8) is 0 Å². The topological polar surface area (TPSA) is 70.7 Å². The van der Waals surface area contributed by atoms with Crippen molar-refractivity contribution in [1.29, 1.82) is 5.26 Å². The van der Waals surface area contributed by atoms with E-state index in [1.54, 1.807) is 0 Å². The Morgan fingerprint density at radius 1 is 1.62 bits per heavy atom. The lowest BCUT2D eigenvalue weighted by Gasteiger charge is -2.27. The molecule has 1 heterocycles. The molecule has 6 heteroatoms. The number of nitriles is 1. The number of aryl methyl sites for hydroxylation is 1. The molecule has 0 spiro atoms. The number of nitrogens with zero attached hydrogens (tertiary/aromatic N) is 3. The molecule has 2 unspecified atom stereocenters. The van der Waals surface area contributed by atoms with Gasteiger partial charge in [0, 0.05) is 19.0 Å². The van der Waals surface area contributed by atoms with Crippen molar-refractivity contribution >= 4 is 5.78 Å². The molecule has 0 amide bonds. The van der Waals surface area contributed by atoms with Crippen LogP contribution in [0.15, 0.2) is 24.5 Å². The smallest absolute Gasteiger partial charge is 0.161 e. The quantitative estimate of drug-likeness (QED) is 0.811. The van der Waals surface area contributed by atoms with Crippen LogP contribution in [0.4, 0.5) is 4.39 Å². The van der Waals surface area contributed by atoms with Crippen LogP contribution < -0.4 is 5.32 Å². The van der Waals surface area contributed by atoms with Crippen LogP contribution in [0.1, 0.15) is 25.7 Å². The summed E-state index contributed by atoms with van der Waals surface area (Å²) in [5, 5.41) is 15.9. The molecule has 2 rings (SSSR count). The van der Waals surface area contributed by atoms with E-state index in [9.17, 15) is 9.18 Å². The minimum absolute atomic E-state index is 0.0477. The summed E-state index contributed by atoms with van der Waals surface area (Å²) >= 11 is 0. The highest BCUT2D eigenvalue weighted by Gasteiger charge is 2.23. The fourth-order valence-electron chi connectivity index (χ4n) is 2.51. The van der Waals surface area contributed by atoms with E-state index in [0.29, 0.717) is 19.5 Å². The molecule has 2 atom stereocenters. The van der Waals surface area contributed by atoms with E-state index in [-0.39, 0.29) is 17.7 Å².